The Bertz CT molecular complexity index is 517. The standard InChI is InChI=1S/C14H18O2.C2HF3O2/c1-11(15)9-12-4-6-13(7-5-12)14-3-2-8-16-10-14;3-2(4,5)1(6)7/h4-7,14H,2-3,8-10H2,1H3;(H,6,7)/p-1. The second-order valence-electron chi connectivity index (χ2n) is 5.32. The van der Waals surface area contributed by atoms with Crippen LogP contribution in [0.15, 0.2) is 24.3 Å². The summed E-state index contributed by atoms with van der Waals surface area (Å²) < 4.78 is 37.0. The third kappa shape index (κ3) is 7.27. The fourth-order valence-electron chi connectivity index (χ4n) is 2.20. The van der Waals surface area contributed by atoms with Crippen molar-refractivity contribution in [3.8, 4) is 0 Å². The van der Waals surface area contributed by atoms with Gasteiger partial charge in [0.1, 0.15) is 11.8 Å². The van der Waals surface area contributed by atoms with E-state index in [0.717, 1.165) is 25.2 Å². The van der Waals surface area contributed by atoms with Gasteiger partial charge in [0.15, 0.2) is 0 Å². The molecule has 1 aliphatic rings. The van der Waals surface area contributed by atoms with Gasteiger partial charge in [0.05, 0.1) is 6.61 Å². The molecule has 0 bridgehead atoms. The zero-order valence-electron chi connectivity index (χ0n) is 12.7. The Morgan fingerprint density at radius 2 is 1.83 bits per heavy atom. The number of carbonyl (C=O) groups is 2. The molecule has 0 spiro atoms. The summed E-state index contributed by atoms with van der Waals surface area (Å²) in [6.07, 6.45) is -2.28. The van der Waals surface area contributed by atoms with Crippen molar-refractivity contribution in [3.05, 3.63) is 35.4 Å². The normalized spacial score (nSPS) is 17.8. The van der Waals surface area contributed by atoms with Gasteiger partial charge >= 0.3 is 6.18 Å². The van der Waals surface area contributed by atoms with Crippen molar-refractivity contribution in [3.63, 3.8) is 0 Å². The number of aliphatic carboxylic acids is 1. The van der Waals surface area contributed by atoms with Crippen LogP contribution in [0.2, 0.25) is 0 Å². The Labute approximate surface area is 132 Å². The summed E-state index contributed by atoms with van der Waals surface area (Å²) in [5.74, 6) is -2.25. The van der Waals surface area contributed by atoms with Gasteiger partial charge in [0.2, 0.25) is 0 Å². The molecule has 2 rings (SSSR count). The lowest BCUT2D eigenvalue weighted by molar-refractivity contribution is -0.344. The first-order valence-corrected chi connectivity index (χ1v) is 7.14. The molecule has 128 valence electrons. The van der Waals surface area contributed by atoms with Gasteiger partial charge in [-0.2, -0.15) is 13.2 Å². The van der Waals surface area contributed by atoms with E-state index in [4.69, 9.17) is 14.6 Å². The summed E-state index contributed by atoms with van der Waals surface area (Å²) in [5.41, 5.74) is 2.44. The summed E-state index contributed by atoms with van der Waals surface area (Å²) in [6, 6.07) is 8.39. The minimum Gasteiger partial charge on any atom is -0.542 e. The molecule has 0 aliphatic carbocycles. The fraction of sp³-hybridized carbons (Fsp3) is 0.500. The molecule has 0 amide bonds. The van der Waals surface area contributed by atoms with Gasteiger partial charge in [0.25, 0.3) is 0 Å². The number of halogens is 3. The average Bonchev–Trinajstić information content (AvgIpc) is 2.48. The number of Topliss-reactive ketones (excluding diaryl/α,β-unsaturated/α-hetero) is 1. The number of ether oxygens (including phenoxy) is 1. The molecule has 1 aliphatic heterocycles. The first-order valence-electron chi connectivity index (χ1n) is 7.14. The number of alkyl halides is 3. The maximum atomic E-state index is 11.0. The molecule has 0 aromatic heterocycles. The van der Waals surface area contributed by atoms with Gasteiger partial charge in [-0.1, -0.05) is 24.3 Å². The predicted molar refractivity (Wildman–Crippen MR) is 74.7 cm³/mol. The highest BCUT2D eigenvalue weighted by molar-refractivity contribution is 5.78. The van der Waals surface area contributed by atoms with E-state index in [1.165, 1.54) is 12.0 Å². The maximum Gasteiger partial charge on any atom is 0.430 e. The highest BCUT2D eigenvalue weighted by atomic mass is 19.4. The number of ketones is 1. The van der Waals surface area contributed by atoms with Crippen LogP contribution in [-0.4, -0.2) is 31.1 Å². The van der Waals surface area contributed by atoms with Gasteiger partial charge < -0.3 is 14.6 Å². The average molecular weight is 331 g/mol. The number of benzene rings is 1. The largest absolute Gasteiger partial charge is 0.542 e. The lowest BCUT2D eigenvalue weighted by Crippen LogP contribution is -2.37. The number of hydrogen-bond acceptors (Lipinski definition) is 4. The molecular formula is C16H18F3O4-. The predicted octanol–water partition coefficient (Wildman–Crippen LogP) is 2.01. The Balaban J connectivity index is 0.000000322. The number of carboxylic acids is 1. The van der Waals surface area contributed by atoms with Crippen LogP contribution in [0.25, 0.3) is 0 Å². The highest BCUT2D eigenvalue weighted by Crippen LogP contribution is 2.25. The maximum absolute atomic E-state index is 11.0. The molecule has 0 saturated carbocycles. The molecule has 7 heteroatoms. The summed E-state index contributed by atoms with van der Waals surface area (Å²) in [6.45, 7) is 3.37. The second-order valence-corrected chi connectivity index (χ2v) is 5.32. The number of rotatable bonds is 3. The summed E-state index contributed by atoms with van der Waals surface area (Å²) >= 11 is 0. The molecular weight excluding hydrogens is 313 g/mol. The minimum absolute atomic E-state index is 0.216. The SMILES string of the molecule is CC(=O)Cc1ccc(C2CCCOC2)cc1.O=C([O-])C(F)(F)F. The van der Waals surface area contributed by atoms with Gasteiger partial charge in [-0.05, 0) is 30.9 Å². The van der Waals surface area contributed by atoms with Crippen LogP contribution in [-0.2, 0) is 20.7 Å². The van der Waals surface area contributed by atoms with Crippen LogP contribution in [0.3, 0.4) is 0 Å². The van der Waals surface area contributed by atoms with Crippen molar-refractivity contribution in [1.29, 1.82) is 0 Å². The van der Waals surface area contributed by atoms with Crippen molar-refractivity contribution < 1.29 is 32.6 Å². The van der Waals surface area contributed by atoms with Crippen LogP contribution >= 0.6 is 0 Å². The molecule has 0 radical (unpaired) electrons. The Morgan fingerprint density at radius 3 is 2.22 bits per heavy atom. The topological polar surface area (TPSA) is 66.4 Å². The highest BCUT2D eigenvalue weighted by Gasteiger charge is 2.28. The number of hydrogen-bond donors (Lipinski definition) is 0. The van der Waals surface area contributed by atoms with Crippen LogP contribution < -0.4 is 5.11 Å². The monoisotopic (exact) mass is 331 g/mol. The molecule has 1 unspecified atom stereocenters. The summed E-state index contributed by atoms with van der Waals surface area (Å²) in [7, 11) is 0. The lowest BCUT2D eigenvalue weighted by atomic mass is 9.92. The van der Waals surface area contributed by atoms with Crippen LogP contribution in [0.1, 0.15) is 36.8 Å². The van der Waals surface area contributed by atoms with Crippen LogP contribution in [0, 0.1) is 0 Å². The van der Waals surface area contributed by atoms with Crippen LogP contribution in [0.5, 0.6) is 0 Å². The van der Waals surface area contributed by atoms with Crippen LogP contribution in [0.4, 0.5) is 13.2 Å². The molecule has 1 aromatic carbocycles. The number of carboxylic acid groups (broad SMARTS) is 1. The summed E-state index contributed by atoms with van der Waals surface area (Å²) in [4.78, 5) is 19.8. The molecule has 1 heterocycles. The van der Waals surface area contributed by atoms with Gasteiger partial charge in [-0.15, -0.1) is 0 Å². The molecule has 1 atom stereocenters. The minimum atomic E-state index is -5.19. The van der Waals surface area contributed by atoms with E-state index in [0.29, 0.717) is 12.3 Å². The Morgan fingerprint density at radius 1 is 1.26 bits per heavy atom. The van der Waals surface area contributed by atoms with Crippen molar-refractivity contribution in [2.45, 2.75) is 38.3 Å². The first kappa shape index (κ1) is 19.2. The molecule has 4 nitrogen and oxygen atoms in total. The zero-order chi connectivity index (χ0) is 17.5. The van der Waals surface area contributed by atoms with Crippen molar-refractivity contribution in [2.24, 2.45) is 0 Å². The molecule has 1 saturated heterocycles. The van der Waals surface area contributed by atoms with Gasteiger partial charge in [-0.3, -0.25) is 4.79 Å². The Hall–Kier alpha value is -1.89. The van der Waals surface area contributed by atoms with E-state index in [1.807, 2.05) is 0 Å². The van der Waals surface area contributed by atoms with Crippen molar-refractivity contribution in [1.82, 2.24) is 0 Å². The third-order valence-corrected chi connectivity index (χ3v) is 3.30. The Kier molecular flexibility index (Phi) is 7.22. The van der Waals surface area contributed by atoms with E-state index in [9.17, 15) is 18.0 Å². The molecule has 23 heavy (non-hydrogen) atoms. The molecule has 0 N–H and O–H groups in total. The van der Waals surface area contributed by atoms with E-state index in [-0.39, 0.29) is 5.78 Å². The first-order chi connectivity index (χ1) is 10.7. The number of carbonyl (C=O) groups excluding carboxylic acids is 2. The van der Waals surface area contributed by atoms with E-state index in [1.54, 1.807) is 6.92 Å². The van der Waals surface area contributed by atoms with Crippen molar-refractivity contribution >= 4 is 11.8 Å². The fourth-order valence-corrected chi connectivity index (χ4v) is 2.20. The summed E-state index contributed by atoms with van der Waals surface area (Å²) in [5, 5.41) is 8.78. The quantitative estimate of drug-likeness (QED) is 0.850. The van der Waals surface area contributed by atoms with E-state index >= 15 is 0 Å². The molecule has 1 aromatic rings. The zero-order valence-corrected chi connectivity index (χ0v) is 12.7. The lowest BCUT2D eigenvalue weighted by Gasteiger charge is -2.22. The third-order valence-electron chi connectivity index (χ3n) is 3.30. The van der Waals surface area contributed by atoms with Crippen molar-refractivity contribution in [2.75, 3.05) is 13.2 Å². The molecule has 1 fully saturated rings. The van der Waals surface area contributed by atoms with E-state index < -0.39 is 12.1 Å². The smallest absolute Gasteiger partial charge is 0.430 e. The van der Waals surface area contributed by atoms with Gasteiger partial charge in [0, 0.05) is 18.9 Å². The van der Waals surface area contributed by atoms with Gasteiger partial charge in [-0.25, -0.2) is 0 Å². The van der Waals surface area contributed by atoms with E-state index in [2.05, 4.69) is 24.3 Å². The second kappa shape index (κ2) is 8.67.